The SMILES string of the molecule is CCC(C)CC(N)c1cc(C)oc1C. The van der Waals surface area contributed by atoms with Crippen LogP contribution in [-0.2, 0) is 0 Å². The molecule has 1 aromatic rings. The van der Waals surface area contributed by atoms with E-state index in [-0.39, 0.29) is 6.04 Å². The number of furan rings is 1. The van der Waals surface area contributed by atoms with Crippen LogP contribution in [-0.4, -0.2) is 0 Å². The molecule has 0 saturated heterocycles. The molecular formula is C12H21NO. The van der Waals surface area contributed by atoms with Crippen molar-refractivity contribution in [3.8, 4) is 0 Å². The summed E-state index contributed by atoms with van der Waals surface area (Å²) in [6.07, 6.45) is 2.22. The van der Waals surface area contributed by atoms with Gasteiger partial charge in [0, 0.05) is 11.6 Å². The monoisotopic (exact) mass is 195 g/mol. The van der Waals surface area contributed by atoms with Gasteiger partial charge in [-0.25, -0.2) is 0 Å². The largest absolute Gasteiger partial charge is 0.466 e. The van der Waals surface area contributed by atoms with Crippen LogP contribution in [0.4, 0.5) is 0 Å². The zero-order valence-corrected chi connectivity index (χ0v) is 9.63. The molecule has 0 aromatic carbocycles. The maximum atomic E-state index is 6.13. The molecule has 2 atom stereocenters. The molecule has 0 aliphatic heterocycles. The molecule has 14 heavy (non-hydrogen) atoms. The van der Waals surface area contributed by atoms with Crippen molar-refractivity contribution in [3.63, 3.8) is 0 Å². The Morgan fingerprint density at radius 3 is 2.50 bits per heavy atom. The van der Waals surface area contributed by atoms with Crippen molar-refractivity contribution in [2.75, 3.05) is 0 Å². The van der Waals surface area contributed by atoms with E-state index in [0.717, 1.165) is 17.9 Å². The molecule has 2 nitrogen and oxygen atoms in total. The van der Waals surface area contributed by atoms with Crippen molar-refractivity contribution in [2.45, 2.75) is 46.6 Å². The minimum Gasteiger partial charge on any atom is -0.466 e. The Labute approximate surface area is 86.5 Å². The van der Waals surface area contributed by atoms with Gasteiger partial charge in [0.15, 0.2) is 0 Å². The molecule has 0 amide bonds. The van der Waals surface area contributed by atoms with Crippen LogP contribution in [0.1, 0.15) is 49.8 Å². The summed E-state index contributed by atoms with van der Waals surface area (Å²) in [6.45, 7) is 8.39. The standard InChI is InChI=1S/C12H21NO/c1-5-8(2)6-12(13)11-7-9(3)14-10(11)4/h7-8,12H,5-6,13H2,1-4H3. The third kappa shape index (κ3) is 2.61. The van der Waals surface area contributed by atoms with Crippen LogP contribution in [0, 0.1) is 19.8 Å². The highest BCUT2D eigenvalue weighted by atomic mass is 16.3. The minimum atomic E-state index is 0.127. The fourth-order valence-corrected chi connectivity index (χ4v) is 1.75. The lowest BCUT2D eigenvalue weighted by Gasteiger charge is -2.15. The van der Waals surface area contributed by atoms with Crippen LogP contribution in [0.25, 0.3) is 0 Å². The van der Waals surface area contributed by atoms with Gasteiger partial charge < -0.3 is 10.2 Å². The van der Waals surface area contributed by atoms with Gasteiger partial charge in [0.1, 0.15) is 11.5 Å². The van der Waals surface area contributed by atoms with Crippen molar-refractivity contribution in [1.29, 1.82) is 0 Å². The van der Waals surface area contributed by atoms with Crippen molar-refractivity contribution in [3.05, 3.63) is 23.2 Å². The summed E-state index contributed by atoms with van der Waals surface area (Å²) in [5, 5.41) is 0. The molecule has 0 spiro atoms. The Kier molecular flexibility index (Phi) is 3.76. The van der Waals surface area contributed by atoms with Gasteiger partial charge in [-0.15, -0.1) is 0 Å². The third-order valence-corrected chi connectivity index (χ3v) is 2.83. The molecule has 1 aromatic heterocycles. The van der Waals surface area contributed by atoms with E-state index in [0.29, 0.717) is 5.92 Å². The molecule has 0 fully saturated rings. The molecule has 0 aliphatic carbocycles. The van der Waals surface area contributed by atoms with Crippen molar-refractivity contribution in [1.82, 2.24) is 0 Å². The molecule has 0 aliphatic rings. The fraction of sp³-hybridized carbons (Fsp3) is 0.667. The Morgan fingerprint density at radius 2 is 2.07 bits per heavy atom. The van der Waals surface area contributed by atoms with Gasteiger partial charge in [0.05, 0.1) is 0 Å². The van der Waals surface area contributed by atoms with Crippen LogP contribution in [0.5, 0.6) is 0 Å². The first-order valence-corrected chi connectivity index (χ1v) is 5.37. The third-order valence-electron chi connectivity index (χ3n) is 2.83. The number of hydrogen-bond donors (Lipinski definition) is 1. The van der Waals surface area contributed by atoms with Crippen molar-refractivity contribution in [2.24, 2.45) is 11.7 Å². The van der Waals surface area contributed by atoms with Gasteiger partial charge in [-0.05, 0) is 32.3 Å². The lowest BCUT2D eigenvalue weighted by Crippen LogP contribution is -2.13. The Morgan fingerprint density at radius 1 is 1.43 bits per heavy atom. The summed E-state index contributed by atoms with van der Waals surface area (Å²) in [5.41, 5.74) is 7.29. The predicted octanol–water partition coefficient (Wildman–Crippen LogP) is 3.33. The van der Waals surface area contributed by atoms with Gasteiger partial charge >= 0.3 is 0 Å². The molecule has 2 heteroatoms. The van der Waals surface area contributed by atoms with Crippen LogP contribution < -0.4 is 5.73 Å². The number of aryl methyl sites for hydroxylation is 2. The lowest BCUT2D eigenvalue weighted by molar-refractivity contribution is 0.450. The average Bonchev–Trinajstić information content (AvgIpc) is 2.45. The van der Waals surface area contributed by atoms with E-state index >= 15 is 0 Å². The number of nitrogens with two attached hydrogens (primary N) is 1. The Balaban J connectivity index is 2.69. The van der Waals surface area contributed by atoms with Crippen LogP contribution >= 0.6 is 0 Å². The quantitative estimate of drug-likeness (QED) is 0.800. The van der Waals surface area contributed by atoms with E-state index in [9.17, 15) is 0 Å². The van der Waals surface area contributed by atoms with Gasteiger partial charge in [-0.2, -0.15) is 0 Å². The summed E-state index contributed by atoms with van der Waals surface area (Å²) in [6, 6.07) is 2.19. The average molecular weight is 195 g/mol. The second-order valence-electron chi connectivity index (χ2n) is 4.22. The lowest BCUT2D eigenvalue weighted by atomic mass is 9.95. The van der Waals surface area contributed by atoms with Gasteiger partial charge in [0.2, 0.25) is 0 Å². The molecule has 0 bridgehead atoms. The zero-order valence-electron chi connectivity index (χ0n) is 9.63. The summed E-state index contributed by atoms with van der Waals surface area (Å²) >= 11 is 0. The Hall–Kier alpha value is -0.760. The van der Waals surface area contributed by atoms with Crippen LogP contribution in [0.2, 0.25) is 0 Å². The highest BCUT2D eigenvalue weighted by Crippen LogP contribution is 2.25. The number of hydrogen-bond acceptors (Lipinski definition) is 2. The first kappa shape index (κ1) is 11.3. The van der Waals surface area contributed by atoms with Crippen molar-refractivity contribution < 1.29 is 4.42 Å². The topological polar surface area (TPSA) is 39.2 Å². The van der Waals surface area contributed by atoms with Crippen molar-refractivity contribution >= 4 is 0 Å². The number of rotatable bonds is 4. The molecule has 1 heterocycles. The van der Waals surface area contributed by atoms with E-state index in [1.54, 1.807) is 0 Å². The molecule has 2 unspecified atom stereocenters. The van der Waals surface area contributed by atoms with Gasteiger partial charge in [-0.1, -0.05) is 20.3 Å². The molecule has 80 valence electrons. The second kappa shape index (κ2) is 4.65. The molecular weight excluding hydrogens is 174 g/mol. The first-order valence-electron chi connectivity index (χ1n) is 5.37. The fourth-order valence-electron chi connectivity index (χ4n) is 1.75. The minimum absolute atomic E-state index is 0.127. The first-order chi connectivity index (χ1) is 6.54. The van der Waals surface area contributed by atoms with E-state index in [1.807, 2.05) is 13.8 Å². The van der Waals surface area contributed by atoms with E-state index in [1.165, 1.54) is 12.0 Å². The summed E-state index contributed by atoms with van der Waals surface area (Å²) in [4.78, 5) is 0. The normalized spacial score (nSPS) is 15.5. The predicted molar refractivity (Wildman–Crippen MR) is 59.2 cm³/mol. The summed E-state index contributed by atoms with van der Waals surface area (Å²) < 4.78 is 5.47. The Bertz CT molecular complexity index is 291. The van der Waals surface area contributed by atoms with E-state index < -0.39 is 0 Å². The molecule has 1 rings (SSSR count). The van der Waals surface area contributed by atoms with Gasteiger partial charge in [-0.3, -0.25) is 0 Å². The molecule has 0 radical (unpaired) electrons. The summed E-state index contributed by atoms with van der Waals surface area (Å²) in [7, 11) is 0. The summed E-state index contributed by atoms with van der Waals surface area (Å²) in [5.74, 6) is 2.61. The highest BCUT2D eigenvalue weighted by Gasteiger charge is 2.15. The molecule has 0 saturated carbocycles. The molecule has 2 N–H and O–H groups in total. The van der Waals surface area contributed by atoms with E-state index in [4.69, 9.17) is 10.2 Å². The smallest absolute Gasteiger partial charge is 0.105 e. The van der Waals surface area contributed by atoms with Crippen LogP contribution in [0.15, 0.2) is 10.5 Å². The van der Waals surface area contributed by atoms with Gasteiger partial charge in [0.25, 0.3) is 0 Å². The maximum Gasteiger partial charge on any atom is 0.105 e. The zero-order chi connectivity index (χ0) is 10.7. The second-order valence-corrected chi connectivity index (χ2v) is 4.22. The van der Waals surface area contributed by atoms with Crippen LogP contribution in [0.3, 0.4) is 0 Å². The maximum absolute atomic E-state index is 6.13. The highest BCUT2D eigenvalue weighted by molar-refractivity contribution is 5.23. The van der Waals surface area contributed by atoms with E-state index in [2.05, 4.69) is 19.9 Å².